The number of hydrogen-bond donors (Lipinski definition) is 1. The highest BCUT2D eigenvalue weighted by atomic mass is 19.1. The van der Waals surface area contributed by atoms with Gasteiger partial charge < -0.3 is 14.6 Å². The Balaban J connectivity index is 2.36. The van der Waals surface area contributed by atoms with Crippen LogP contribution in [0.4, 0.5) is 9.18 Å². The lowest BCUT2D eigenvalue weighted by Crippen LogP contribution is -2.34. The van der Waals surface area contributed by atoms with Crippen LogP contribution in [-0.2, 0) is 11.3 Å². The maximum atomic E-state index is 13.2. The number of carbonyl (C=O) groups excluding carboxylic acids is 1. The number of nitrogens with zero attached hydrogens (tertiary/aromatic N) is 1. The predicted molar refractivity (Wildman–Crippen MR) is 66.9 cm³/mol. The zero-order valence-electron chi connectivity index (χ0n) is 10.6. The van der Waals surface area contributed by atoms with Gasteiger partial charge in [0.05, 0.1) is 18.8 Å². The number of H-pyrrole nitrogens is 1. The summed E-state index contributed by atoms with van der Waals surface area (Å²) in [5.41, 5.74) is -1.56. The van der Waals surface area contributed by atoms with Crippen LogP contribution >= 0.6 is 0 Å². The second kappa shape index (κ2) is 6.04. The molecule has 7 nitrogen and oxygen atoms in total. The molecule has 0 bridgehead atoms. The molecule has 8 heteroatoms. The van der Waals surface area contributed by atoms with E-state index in [0.717, 1.165) is 4.57 Å². The monoisotopic (exact) mass is 293 g/mol. The molecule has 1 N–H and O–H groups in total. The smallest absolute Gasteiger partial charge is 0.328 e. The molecule has 0 amide bonds. The Labute approximate surface area is 117 Å². The summed E-state index contributed by atoms with van der Waals surface area (Å²) in [5.74, 6) is -1.16. The average Bonchev–Trinajstić information content (AvgIpc) is 2.44. The Morgan fingerprint density at radius 2 is 2.00 bits per heavy atom. The van der Waals surface area contributed by atoms with E-state index >= 15 is 0 Å². The van der Waals surface area contributed by atoms with Crippen molar-refractivity contribution in [3.63, 3.8) is 0 Å². The van der Waals surface area contributed by atoms with Gasteiger partial charge in [-0.05, 0) is 5.56 Å². The van der Waals surface area contributed by atoms with E-state index in [1.165, 1.54) is 0 Å². The normalized spacial score (nSPS) is 11.9. The van der Waals surface area contributed by atoms with Crippen molar-refractivity contribution in [1.29, 1.82) is 0 Å². The third kappa shape index (κ3) is 3.56. The first-order chi connectivity index (χ1) is 9.97. The summed E-state index contributed by atoms with van der Waals surface area (Å²) in [6.07, 6.45) is -2.16. The van der Waals surface area contributed by atoms with Gasteiger partial charge in [0.2, 0.25) is 5.82 Å². The maximum Gasteiger partial charge on any atom is 0.328 e. The lowest BCUT2D eigenvalue weighted by Gasteiger charge is -2.23. The highest BCUT2D eigenvalue weighted by molar-refractivity contribution is 5.54. The second-order valence-electron chi connectivity index (χ2n) is 4.16. The van der Waals surface area contributed by atoms with E-state index in [1.54, 1.807) is 35.3 Å². The van der Waals surface area contributed by atoms with Gasteiger partial charge in [0.1, 0.15) is 0 Å². The molecular formula is C13H10FN2O5-. The summed E-state index contributed by atoms with van der Waals surface area (Å²) < 4.78 is 18.6. The lowest BCUT2D eigenvalue weighted by molar-refractivity contribution is -0.288. The van der Waals surface area contributed by atoms with Crippen molar-refractivity contribution in [3.8, 4) is 0 Å². The molecule has 2 aromatic rings. The molecule has 110 valence electrons. The van der Waals surface area contributed by atoms with E-state index in [9.17, 15) is 23.9 Å². The predicted octanol–water partition coefficient (Wildman–Crippen LogP) is -0.223. The molecule has 0 saturated carbocycles. The molecule has 0 aliphatic rings. The minimum atomic E-state index is -1.78. The van der Waals surface area contributed by atoms with Crippen molar-refractivity contribution in [2.75, 3.05) is 0 Å². The molecular weight excluding hydrogens is 283 g/mol. The number of nitrogens with one attached hydrogen (secondary N) is 1. The zero-order valence-corrected chi connectivity index (χ0v) is 10.6. The first-order valence-electron chi connectivity index (χ1n) is 5.89. The molecule has 0 radical (unpaired) electrons. The molecule has 1 unspecified atom stereocenters. The highest BCUT2D eigenvalue weighted by Gasteiger charge is 2.13. The van der Waals surface area contributed by atoms with Crippen LogP contribution in [0.25, 0.3) is 0 Å². The number of aromatic amines is 1. The molecule has 21 heavy (non-hydrogen) atoms. The Hall–Kier alpha value is -2.90. The highest BCUT2D eigenvalue weighted by Crippen LogP contribution is 2.18. The van der Waals surface area contributed by atoms with Crippen LogP contribution in [0.5, 0.6) is 0 Å². The topological polar surface area (TPSA) is 104 Å². The van der Waals surface area contributed by atoms with Crippen LogP contribution in [0.15, 0.2) is 46.1 Å². The van der Waals surface area contributed by atoms with Gasteiger partial charge in [-0.15, -0.1) is 0 Å². The second-order valence-corrected chi connectivity index (χ2v) is 4.16. The van der Waals surface area contributed by atoms with Crippen molar-refractivity contribution in [2.24, 2.45) is 0 Å². The Morgan fingerprint density at radius 3 is 2.62 bits per heavy atom. The summed E-state index contributed by atoms with van der Waals surface area (Å²) in [7, 11) is 0. The van der Waals surface area contributed by atoms with Crippen LogP contribution in [-0.4, -0.2) is 15.7 Å². The molecule has 1 atom stereocenters. The third-order valence-corrected chi connectivity index (χ3v) is 2.74. The molecule has 1 heterocycles. The average molecular weight is 293 g/mol. The summed E-state index contributed by atoms with van der Waals surface area (Å²) in [4.78, 5) is 34.9. The number of aromatic nitrogens is 2. The summed E-state index contributed by atoms with van der Waals surface area (Å²) in [6, 6.07) is 8.18. The SMILES string of the molecule is O=C([O-])OC(Cn1cc(F)c(=O)[nH]c1=O)c1ccccc1. The van der Waals surface area contributed by atoms with Crippen molar-refractivity contribution >= 4 is 6.16 Å². The first kappa shape index (κ1) is 14.5. The number of hydrogen-bond acceptors (Lipinski definition) is 5. The quantitative estimate of drug-likeness (QED) is 0.784. The van der Waals surface area contributed by atoms with E-state index in [0.29, 0.717) is 11.8 Å². The number of carbonyl (C=O) groups is 1. The van der Waals surface area contributed by atoms with Crippen LogP contribution in [0.3, 0.4) is 0 Å². The van der Waals surface area contributed by atoms with E-state index in [1.807, 2.05) is 0 Å². The van der Waals surface area contributed by atoms with Crippen molar-refractivity contribution in [2.45, 2.75) is 12.6 Å². The molecule has 0 spiro atoms. The van der Waals surface area contributed by atoms with Crippen LogP contribution < -0.4 is 16.4 Å². The number of halogens is 1. The molecule has 0 aliphatic carbocycles. The molecule has 0 aliphatic heterocycles. The fourth-order valence-corrected chi connectivity index (χ4v) is 1.79. The van der Waals surface area contributed by atoms with Gasteiger partial charge in [-0.1, -0.05) is 30.3 Å². The number of ether oxygens (including phenoxy) is 1. The van der Waals surface area contributed by atoms with E-state index < -0.39 is 29.3 Å². The number of rotatable bonds is 4. The summed E-state index contributed by atoms with van der Waals surface area (Å²) >= 11 is 0. The Bertz CT molecular complexity index is 753. The minimum Gasteiger partial charge on any atom is -0.540 e. The van der Waals surface area contributed by atoms with Crippen molar-refractivity contribution < 1.29 is 19.0 Å². The standard InChI is InChI=1S/C13H11FN2O5/c14-9-6-16(12(18)15-11(9)17)7-10(21-13(19)20)8-4-2-1-3-5-8/h1-6,10H,7H2,(H,19,20)(H,15,17,18)/p-1. The molecule has 0 fully saturated rings. The molecule has 1 aromatic carbocycles. The number of benzene rings is 1. The van der Waals surface area contributed by atoms with Gasteiger partial charge in [-0.25, -0.2) is 4.79 Å². The van der Waals surface area contributed by atoms with Gasteiger partial charge in [-0.2, -0.15) is 4.39 Å². The Morgan fingerprint density at radius 1 is 1.33 bits per heavy atom. The largest absolute Gasteiger partial charge is 0.540 e. The minimum absolute atomic E-state index is 0.301. The van der Waals surface area contributed by atoms with Crippen LogP contribution in [0, 0.1) is 5.82 Å². The summed E-state index contributed by atoms with van der Waals surface area (Å²) in [5, 5.41) is 10.6. The third-order valence-electron chi connectivity index (χ3n) is 2.74. The van der Waals surface area contributed by atoms with Gasteiger partial charge in [-0.3, -0.25) is 14.3 Å². The molecule has 0 saturated heterocycles. The zero-order chi connectivity index (χ0) is 15.4. The lowest BCUT2D eigenvalue weighted by atomic mass is 10.1. The van der Waals surface area contributed by atoms with E-state index in [4.69, 9.17) is 0 Å². The number of carboxylic acid groups (broad SMARTS) is 1. The van der Waals surface area contributed by atoms with Gasteiger partial charge in [0.15, 0.2) is 0 Å². The molecule has 2 rings (SSSR count). The van der Waals surface area contributed by atoms with Crippen molar-refractivity contribution in [1.82, 2.24) is 9.55 Å². The fourth-order valence-electron chi connectivity index (χ4n) is 1.79. The van der Waals surface area contributed by atoms with Crippen LogP contribution in [0.1, 0.15) is 11.7 Å². The van der Waals surface area contributed by atoms with Crippen molar-refractivity contribution in [3.05, 3.63) is 68.7 Å². The maximum absolute atomic E-state index is 13.2. The van der Waals surface area contributed by atoms with E-state index in [2.05, 4.69) is 4.74 Å². The Kier molecular flexibility index (Phi) is 4.17. The first-order valence-corrected chi connectivity index (χ1v) is 5.89. The summed E-state index contributed by atoms with van der Waals surface area (Å²) in [6.45, 7) is -0.301. The van der Waals surface area contributed by atoms with Gasteiger partial charge in [0.25, 0.3) is 11.7 Å². The fraction of sp³-hybridized carbons (Fsp3) is 0.154. The van der Waals surface area contributed by atoms with Gasteiger partial charge >= 0.3 is 5.69 Å². The van der Waals surface area contributed by atoms with E-state index in [-0.39, 0.29) is 6.54 Å². The molecule has 1 aromatic heterocycles. The van der Waals surface area contributed by atoms with Gasteiger partial charge in [0, 0.05) is 0 Å². The van der Waals surface area contributed by atoms with Crippen LogP contribution in [0.2, 0.25) is 0 Å².